The number of nitrogen functional groups attached to an aromatic ring is 1. The van der Waals surface area contributed by atoms with Crippen LogP contribution >= 0.6 is 0 Å². The van der Waals surface area contributed by atoms with Gasteiger partial charge in [0.2, 0.25) is 0 Å². The molecule has 0 atom stereocenters. The van der Waals surface area contributed by atoms with Crippen LogP contribution in [0.3, 0.4) is 0 Å². The molecule has 1 heterocycles. The highest BCUT2D eigenvalue weighted by Gasteiger charge is 2.13. The number of hydrogen-bond donors (Lipinski definition) is 1. The lowest BCUT2D eigenvalue weighted by Gasteiger charge is -2.04. The Morgan fingerprint density at radius 2 is 1.75 bits per heavy atom. The van der Waals surface area contributed by atoms with Crippen molar-refractivity contribution < 1.29 is 9.47 Å². The van der Waals surface area contributed by atoms with Gasteiger partial charge in [0, 0.05) is 23.6 Å². The van der Waals surface area contributed by atoms with E-state index in [1.165, 1.54) is 0 Å². The maximum Gasteiger partial charge on any atom is 0.120 e. The molecule has 0 saturated carbocycles. The van der Waals surface area contributed by atoms with E-state index < -0.39 is 0 Å². The van der Waals surface area contributed by atoms with E-state index in [1.54, 1.807) is 14.2 Å². The second kappa shape index (κ2) is 6.59. The zero-order chi connectivity index (χ0) is 17.1. The molecule has 2 aromatic carbocycles. The Morgan fingerprint density at radius 1 is 1.00 bits per heavy atom. The zero-order valence-electron chi connectivity index (χ0n) is 14.1. The Kier molecular flexibility index (Phi) is 4.35. The van der Waals surface area contributed by atoms with Gasteiger partial charge in [-0.3, -0.25) is 0 Å². The first kappa shape index (κ1) is 15.8. The van der Waals surface area contributed by atoms with Crippen LogP contribution in [0.5, 0.6) is 11.5 Å². The van der Waals surface area contributed by atoms with Gasteiger partial charge in [0.25, 0.3) is 0 Å². The van der Waals surface area contributed by atoms with Crippen molar-refractivity contribution >= 4 is 16.6 Å². The van der Waals surface area contributed by atoms with Gasteiger partial charge in [-0.1, -0.05) is 12.0 Å². The summed E-state index contributed by atoms with van der Waals surface area (Å²) >= 11 is 0. The quantitative estimate of drug-likeness (QED) is 0.749. The molecule has 122 valence electrons. The van der Waals surface area contributed by atoms with Crippen LogP contribution in [0.25, 0.3) is 10.9 Å². The number of rotatable bonds is 3. The van der Waals surface area contributed by atoms with Crippen LogP contribution in [0.4, 0.5) is 5.69 Å². The zero-order valence-corrected chi connectivity index (χ0v) is 14.1. The summed E-state index contributed by atoms with van der Waals surface area (Å²) in [5.41, 5.74) is 9.78. The average molecular weight is 320 g/mol. The van der Waals surface area contributed by atoms with Gasteiger partial charge in [0.1, 0.15) is 17.2 Å². The molecule has 0 aliphatic heterocycles. The first-order valence-corrected chi connectivity index (χ1v) is 7.79. The highest BCUT2D eigenvalue weighted by atomic mass is 16.5. The van der Waals surface area contributed by atoms with E-state index in [1.807, 2.05) is 42.5 Å². The number of ether oxygens (including phenoxy) is 2. The average Bonchev–Trinajstić information content (AvgIpc) is 2.90. The van der Waals surface area contributed by atoms with E-state index in [4.69, 9.17) is 15.2 Å². The van der Waals surface area contributed by atoms with E-state index in [9.17, 15) is 0 Å². The molecule has 24 heavy (non-hydrogen) atoms. The Labute approximate surface area is 141 Å². The summed E-state index contributed by atoms with van der Waals surface area (Å²) in [5, 5.41) is 0.993. The minimum Gasteiger partial charge on any atom is -0.497 e. The summed E-state index contributed by atoms with van der Waals surface area (Å²) < 4.78 is 12.7. The van der Waals surface area contributed by atoms with Gasteiger partial charge in [0.15, 0.2) is 0 Å². The van der Waals surface area contributed by atoms with E-state index in [0.29, 0.717) is 5.69 Å². The van der Waals surface area contributed by atoms with Crippen molar-refractivity contribution in [3.63, 3.8) is 0 Å². The molecule has 0 bridgehead atoms. The highest BCUT2D eigenvalue weighted by molar-refractivity contribution is 5.96. The Balaban J connectivity index is 2.12. The molecule has 0 spiro atoms. The fourth-order valence-corrected chi connectivity index (χ4v) is 2.78. The summed E-state index contributed by atoms with van der Waals surface area (Å²) in [7, 11) is 3.31. The molecule has 0 amide bonds. The summed E-state index contributed by atoms with van der Waals surface area (Å²) in [5.74, 6) is 7.99. The molecule has 4 nitrogen and oxygen atoms in total. The SMILES string of the molecule is CCn1c(C#Cc2cccc(OC)c2)c(N)c2ccc(OC)cc21. The van der Waals surface area contributed by atoms with Crippen LogP contribution in [0, 0.1) is 11.8 Å². The smallest absolute Gasteiger partial charge is 0.120 e. The molecule has 3 aromatic rings. The topological polar surface area (TPSA) is 49.4 Å². The van der Waals surface area contributed by atoms with Gasteiger partial charge in [-0.2, -0.15) is 0 Å². The Morgan fingerprint density at radius 3 is 2.46 bits per heavy atom. The number of nitrogens with zero attached hydrogens (tertiary/aromatic N) is 1. The summed E-state index contributed by atoms with van der Waals surface area (Å²) in [6.07, 6.45) is 0. The minimum atomic E-state index is 0.699. The molecular formula is C20H20N2O2. The lowest BCUT2D eigenvalue weighted by Crippen LogP contribution is -1.99. The predicted molar refractivity (Wildman–Crippen MR) is 97.6 cm³/mol. The lowest BCUT2D eigenvalue weighted by molar-refractivity contribution is 0.414. The third-order valence-electron chi connectivity index (χ3n) is 4.02. The van der Waals surface area contributed by atoms with Crippen LogP contribution in [0.2, 0.25) is 0 Å². The van der Waals surface area contributed by atoms with E-state index >= 15 is 0 Å². The van der Waals surface area contributed by atoms with Gasteiger partial charge in [-0.15, -0.1) is 0 Å². The number of hydrogen-bond acceptors (Lipinski definition) is 3. The molecule has 1 aromatic heterocycles. The van der Waals surface area contributed by atoms with E-state index in [0.717, 1.165) is 40.2 Å². The van der Waals surface area contributed by atoms with E-state index in [-0.39, 0.29) is 0 Å². The molecule has 0 saturated heterocycles. The van der Waals surface area contributed by atoms with Gasteiger partial charge in [0.05, 0.1) is 25.4 Å². The van der Waals surface area contributed by atoms with Crippen LogP contribution < -0.4 is 15.2 Å². The summed E-state index contributed by atoms with van der Waals surface area (Å²) in [6, 6.07) is 13.6. The number of methoxy groups -OCH3 is 2. The van der Waals surface area contributed by atoms with Crippen LogP contribution in [-0.4, -0.2) is 18.8 Å². The number of aryl methyl sites for hydroxylation is 1. The first-order chi connectivity index (χ1) is 11.7. The molecule has 0 unspecified atom stereocenters. The summed E-state index contributed by atoms with van der Waals surface area (Å²) in [4.78, 5) is 0. The maximum atomic E-state index is 6.34. The second-order valence-electron chi connectivity index (χ2n) is 5.37. The molecule has 0 aliphatic rings. The fourth-order valence-electron chi connectivity index (χ4n) is 2.78. The van der Waals surface area contributed by atoms with Crippen LogP contribution in [0.1, 0.15) is 18.2 Å². The standard InChI is InChI=1S/C20H20N2O2/c1-4-22-18(11-8-14-6-5-7-15(12-14)23-2)20(21)17-10-9-16(24-3)13-19(17)22/h5-7,9-10,12-13H,4,21H2,1-3H3. The maximum absolute atomic E-state index is 6.34. The molecule has 3 rings (SSSR count). The Hall–Kier alpha value is -3.06. The lowest BCUT2D eigenvalue weighted by atomic mass is 10.2. The molecule has 2 N–H and O–H groups in total. The number of nitrogens with two attached hydrogens (primary N) is 1. The van der Waals surface area contributed by atoms with E-state index in [2.05, 4.69) is 23.3 Å². The molecule has 0 fully saturated rings. The summed E-state index contributed by atoms with van der Waals surface area (Å²) in [6.45, 7) is 2.86. The molecule has 0 radical (unpaired) electrons. The predicted octanol–water partition coefficient (Wildman–Crippen LogP) is 3.66. The number of anilines is 1. The van der Waals surface area contributed by atoms with Gasteiger partial charge >= 0.3 is 0 Å². The second-order valence-corrected chi connectivity index (χ2v) is 5.37. The minimum absolute atomic E-state index is 0.699. The fraction of sp³-hybridized carbons (Fsp3) is 0.200. The largest absolute Gasteiger partial charge is 0.497 e. The van der Waals surface area contributed by atoms with Crippen molar-refractivity contribution in [3.8, 4) is 23.3 Å². The number of benzene rings is 2. The van der Waals surface area contributed by atoms with Gasteiger partial charge in [-0.25, -0.2) is 0 Å². The van der Waals surface area contributed by atoms with Gasteiger partial charge in [-0.05, 0) is 43.2 Å². The van der Waals surface area contributed by atoms with Crippen molar-refractivity contribution in [3.05, 3.63) is 53.7 Å². The third-order valence-corrected chi connectivity index (χ3v) is 4.02. The van der Waals surface area contributed by atoms with Crippen molar-refractivity contribution in [2.45, 2.75) is 13.5 Å². The number of fused-ring (bicyclic) bond motifs is 1. The first-order valence-electron chi connectivity index (χ1n) is 7.79. The number of aromatic nitrogens is 1. The van der Waals surface area contributed by atoms with Crippen molar-refractivity contribution in [2.24, 2.45) is 0 Å². The van der Waals surface area contributed by atoms with Crippen molar-refractivity contribution in [1.29, 1.82) is 0 Å². The third kappa shape index (κ3) is 2.77. The van der Waals surface area contributed by atoms with Crippen molar-refractivity contribution in [1.82, 2.24) is 4.57 Å². The van der Waals surface area contributed by atoms with Crippen LogP contribution in [-0.2, 0) is 6.54 Å². The Bertz CT molecular complexity index is 945. The van der Waals surface area contributed by atoms with Crippen LogP contribution in [0.15, 0.2) is 42.5 Å². The van der Waals surface area contributed by atoms with Gasteiger partial charge < -0.3 is 19.8 Å². The normalized spacial score (nSPS) is 10.3. The molecular weight excluding hydrogens is 300 g/mol. The monoisotopic (exact) mass is 320 g/mol. The molecule has 4 heteroatoms. The highest BCUT2D eigenvalue weighted by Crippen LogP contribution is 2.31. The van der Waals surface area contributed by atoms with Crippen molar-refractivity contribution in [2.75, 3.05) is 20.0 Å². The molecule has 0 aliphatic carbocycles.